The number of fused-ring (bicyclic) bond motifs is 1. The van der Waals surface area contributed by atoms with Gasteiger partial charge in [0, 0.05) is 13.1 Å². The average Bonchev–Trinajstić information content (AvgIpc) is 2.68. The van der Waals surface area contributed by atoms with Gasteiger partial charge < -0.3 is 9.64 Å². The Morgan fingerprint density at radius 2 is 1.70 bits per heavy atom. The molecule has 0 saturated carbocycles. The summed E-state index contributed by atoms with van der Waals surface area (Å²) in [5.41, 5.74) is 1.17. The number of carbonyl (C=O) groups is 1. The van der Waals surface area contributed by atoms with E-state index in [-0.39, 0.29) is 18.2 Å². The Morgan fingerprint density at radius 3 is 2.37 bits per heavy atom. The van der Waals surface area contributed by atoms with E-state index in [1.54, 1.807) is 41.3 Å². The Kier molecular flexibility index (Phi) is 5.70. The first-order chi connectivity index (χ1) is 13.0. The van der Waals surface area contributed by atoms with Gasteiger partial charge in [-0.2, -0.15) is 0 Å². The molecular formula is C20H24N2O4S. The third kappa shape index (κ3) is 4.08. The van der Waals surface area contributed by atoms with Crippen molar-refractivity contribution in [3.8, 4) is 5.75 Å². The minimum absolute atomic E-state index is 0.0263. The maximum absolute atomic E-state index is 13.1. The molecule has 2 aromatic rings. The van der Waals surface area contributed by atoms with Crippen molar-refractivity contribution in [3.05, 3.63) is 60.2 Å². The number of sulfonamides is 1. The molecule has 0 radical (unpaired) electrons. The standard InChI is InChI=1S/C20H24N2O4S/c1-3-21(4-2)20(23)19-14-22(17-12-8-9-13-18(17)26-19)27(24,25)15-16-10-6-5-7-11-16/h5-13,19H,3-4,14-15H2,1-2H3. The van der Waals surface area contributed by atoms with Crippen LogP contribution in [-0.2, 0) is 20.6 Å². The van der Waals surface area contributed by atoms with Crippen LogP contribution in [0.2, 0.25) is 0 Å². The highest BCUT2D eigenvalue weighted by Crippen LogP contribution is 2.36. The lowest BCUT2D eigenvalue weighted by Gasteiger charge is -2.36. The van der Waals surface area contributed by atoms with E-state index < -0.39 is 16.1 Å². The van der Waals surface area contributed by atoms with E-state index in [4.69, 9.17) is 4.74 Å². The number of para-hydroxylation sites is 2. The van der Waals surface area contributed by atoms with E-state index in [9.17, 15) is 13.2 Å². The number of carbonyl (C=O) groups excluding carboxylic acids is 1. The highest BCUT2D eigenvalue weighted by Gasteiger charge is 2.37. The van der Waals surface area contributed by atoms with Crippen molar-refractivity contribution in [1.29, 1.82) is 0 Å². The summed E-state index contributed by atoms with van der Waals surface area (Å²) >= 11 is 0. The van der Waals surface area contributed by atoms with Gasteiger partial charge in [-0.3, -0.25) is 9.10 Å². The Labute approximate surface area is 160 Å². The second-order valence-corrected chi connectivity index (χ2v) is 8.25. The van der Waals surface area contributed by atoms with Gasteiger partial charge in [-0.1, -0.05) is 42.5 Å². The van der Waals surface area contributed by atoms with Crippen LogP contribution in [0.15, 0.2) is 54.6 Å². The predicted molar refractivity (Wildman–Crippen MR) is 105 cm³/mol. The second-order valence-electron chi connectivity index (χ2n) is 6.36. The Balaban J connectivity index is 1.94. The molecule has 1 heterocycles. The van der Waals surface area contributed by atoms with Crippen molar-refractivity contribution in [2.24, 2.45) is 0 Å². The molecule has 0 aliphatic carbocycles. The Morgan fingerprint density at radius 1 is 1.07 bits per heavy atom. The third-order valence-corrected chi connectivity index (χ3v) is 6.33. The molecule has 144 valence electrons. The van der Waals surface area contributed by atoms with Crippen LogP contribution in [0.4, 0.5) is 5.69 Å². The van der Waals surface area contributed by atoms with Crippen LogP contribution in [0.25, 0.3) is 0 Å². The SMILES string of the molecule is CCN(CC)C(=O)C1CN(S(=O)(=O)Cc2ccccc2)c2ccccc2O1. The molecule has 27 heavy (non-hydrogen) atoms. The molecule has 0 fully saturated rings. The van der Waals surface area contributed by atoms with Crippen LogP contribution in [-0.4, -0.2) is 45.0 Å². The van der Waals surface area contributed by atoms with Crippen molar-refractivity contribution < 1.29 is 17.9 Å². The molecule has 7 heteroatoms. The fourth-order valence-electron chi connectivity index (χ4n) is 3.20. The molecule has 0 N–H and O–H groups in total. The monoisotopic (exact) mass is 388 g/mol. The summed E-state index contributed by atoms with van der Waals surface area (Å²) in [6.07, 6.45) is -0.856. The molecule has 1 aliphatic rings. The summed E-state index contributed by atoms with van der Waals surface area (Å²) < 4.78 is 33.4. The molecule has 1 unspecified atom stereocenters. The van der Waals surface area contributed by atoms with E-state index in [1.165, 1.54) is 4.31 Å². The molecule has 1 atom stereocenters. The van der Waals surface area contributed by atoms with Crippen molar-refractivity contribution in [1.82, 2.24) is 4.90 Å². The lowest BCUT2D eigenvalue weighted by Crippen LogP contribution is -2.52. The molecule has 0 aromatic heterocycles. The van der Waals surface area contributed by atoms with Gasteiger partial charge in [0.25, 0.3) is 5.91 Å². The first-order valence-corrected chi connectivity index (χ1v) is 10.7. The van der Waals surface area contributed by atoms with Crippen LogP contribution in [0.3, 0.4) is 0 Å². The van der Waals surface area contributed by atoms with Gasteiger partial charge in [-0.05, 0) is 31.5 Å². The highest BCUT2D eigenvalue weighted by molar-refractivity contribution is 7.92. The van der Waals surface area contributed by atoms with Crippen LogP contribution in [0.1, 0.15) is 19.4 Å². The van der Waals surface area contributed by atoms with Crippen LogP contribution in [0.5, 0.6) is 5.75 Å². The summed E-state index contributed by atoms with van der Waals surface area (Å²) in [7, 11) is -3.67. The van der Waals surface area contributed by atoms with Crippen molar-refractivity contribution >= 4 is 21.6 Å². The first kappa shape index (κ1) is 19.2. The number of hydrogen-bond donors (Lipinski definition) is 0. The zero-order valence-electron chi connectivity index (χ0n) is 15.5. The fourth-order valence-corrected chi connectivity index (χ4v) is 4.78. The van der Waals surface area contributed by atoms with Gasteiger partial charge >= 0.3 is 0 Å². The zero-order chi connectivity index (χ0) is 19.4. The summed E-state index contributed by atoms with van der Waals surface area (Å²) in [6, 6.07) is 16.0. The maximum Gasteiger partial charge on any atom is 0.265 e. The summed E-state index contributed by atoms with van der Waals surface area (Å²) in [4.78, 5) is 14.4. The van der Waals surface area contributed by atoms with Gasteiger partial charge in [0.2, 0.25) is 10.0 Å². The molecule has 0 bridgehead atoms. The van der Waals surface area contributed by atoms with Gasteiger partial charge in [0.1, 0.15) is 5.75 Å². The number of likely N-dealkylation sites (N-methyl/N-ethyl adjacent to an activating group) is 1. The Bertz CT molecular complexity index is 895. The Hall–Kier alpha value is -2.54. The van der Waals surface area contributed by atoms with E-state index in [0.29, 0.717) is 30.1 Å². The van der Waals surface area contributed by atoms with E-state index in [0.717, 1.165) is 0 Å². The van der Waals surface area contributed by atoms with E-state index in [2.05, 4.69) is 0 Å². The number of nitrogens with zero attached hydrogens (tertiary/aromatic N) is 2. The molecule has 0 spiro atoms. The fraction of sp³-hybridized carbons (Fsp3) is 0.350. The molecule has 1 amide bonds. The van der Waals surface area contributed by atoms with E-state index >= 15 is 0 Å². The zero-order valence-corrected chi connectivity index (χ0v) is 16.4. The van der Waals surface area contributed by atoms with Crippen LogP contribution in [0, 0.1) is 0 Å². The maximum atomic E-state index is 13.1. The normalized spacial score (nSPS) is 16.4. The van der Waals surface area contributed by atoms with Gasteiger partial charge in [0.15, 0.2) is 6.10 Å². The van der Waals surface area contributed by atoms with Crippen molar-refractivity contribution in [2.45, 2.75) is 25.7 Å². The molecular weight excluding hydrogens is 364 g/mol. The summed E-state index contributed by atoms with van der Waals surface area (Å²) in [6.45, 7) is 4.85. The lowest BCUT2D eigenvalue weighted by atomic mass is 10.2. The van der Waals surface area contributed by atoms with E-state index in [1.807, 2.05) is 32.0 Å². The van der Waals surface area contributed by atoms with Crippen molar-refractivity contribution in [3.63, 3.8) is 0 Å². The second kappa shape index (κ2) is 8.00. The third-order valence-electron chi connectivity index (χ3n) is 4.61. The van der Waals surface area contributed by atoms with Gasteiger partial charge in [0.05, 0.1) is 18.0 Å². The molecule has 1 aliphatic heterocycles. The number of benzene rings is 2. The smallest absolute Gasteiger partial charge is 0.265 e. The van der Waals surface area contributed by atoms with Gasteiger partial charge in [-0.15, -0.1) is 0 Å². The topological polar surface area (TPSA) is 66.9 Å². The number of rotatable bonds is 6. The van der Waals surface area contributed by atoms with Crippen molar-refractivity contribution in [2.75, 3.05) is 23.9 Å². The quantitative estimate of drug-likeness (QED) is 0.763. The van der Waals surface area contributed by atoms with Crippen LogP contribution < -0.4 is 9.04 Å². The lowest BCUT2D eigenvalue weighted by molar-refractivity contribution is -0.138. The molecule has 3 rings (SSSR count). The minimum atomic E-state index is -3.67. The van der Waals surface area contributed by atoms with Crippen LogP contribution >= 0.6 is 0 Å². The molecule has 2 aromatic carbocycles. The number of ether oxygens (including phenoxy) is 1. The average molecular weight is 388 g/mol. The molecule has 0 saturated heterocycles. The summed E-state index contributed by atoms with van der Waals surface area (Å²) in [5.74, 6) is 0.0780. The number of amides is 1. The number of hydrogen-bond acceptors (Lipinski definition) is 4. The highest BCUT2D eigenvalue weighted by atomic mass is 32.2. The van der Waals surface area contributed by atoms with Gasteiger partial charge in [-0.25, -0.2) is 8.42 Å². The number of anilines is 1. The molecule has 6 nitrogen and oxygen atoms in total. The predicted octanol–water partition coefficient (Wildman–Crippen LogP) is 2.65. The first-order valence-electron chi connectivity index (χ1n) is 9.05. The minimum Gasteiger partial charge on any atom is -0.476 e. The summed E-state index contributed by atoms with van der Waals surface area (Å²) in [5, 5.41) is 0. The largest absolute Gasteiger partial charge is 0.476 e.